The zero-order valence-corrected chi connectivity index (χ0v) is 42.0. The number of carbonyl (C=O) groups excluding carboxylic acids is 2. The Morgan fingerprint density at radius 2 is 0.694 bits per heavy atom. The molecule has 3 N–H and O–H groups in total. The van der Waals surface area contributed by atoms with E-state index < -0.39 is 26.5 Å². The van der Waals surface area contributed by atoms with Crippen LogP contribution >= 0.6 is 7.82 Å². The zero-order valence-electron chi connectivity index (χ0n) is 41.1. The van der Waals surface area contributed by atoms with E-state index in [2.05, 4.69) is 13.8 Å². The number of hydrogen-bond donors (Lipinski definition) is 2. The lowest BCUT2D eigenvalue weighted by Crippen LogP contribution is -2.29. The molecule has 0 fully saturated rings. The van der Waals surface area contributed by atoms with Crippen molar-refractivity contribution in [2.45, 2.75) is 296 Å². The van der Waals surface area contributed by atoms with Gasteiger partial charge in [0.05, 0.1) is 13.2 Å². The monoisotopic (exact) mass is 902 g/mol. The summed E-state index contributed by atoms with van der Waals surface area (Å²) < 4.78 is 33.0. The Labute approximate surface area is 384 Å². The van der Waals surface area contributed by atoms with Crippen LogP contribution in [0.4, 0.5) is 0 Å². The second-order valence-electron chi connectivity index (χ2n) is 18.5. The Balaban J connectivity index is 3.96. The van der Waals surface area contributed by atoms with E-state index >= 15 is 0 Å². The second kappa shape index (κ2) is 49.4. The van der Waals surface area contributed by atoms with E-state index in [0.29, 0.717) is 6.42 Å². The summed E-state index contributed by atoms with van der Waals surface area (Å²) in [7, 11) is -4.38. The van der Waals surface area contributed by atoms with Crippen molar-refractivity contribution in [2.24, 2.45) is 5.73 Å². The number of phosphoric acid groups is 1. The summed E-state index contributed by atoms with van der Waals surface area (Å²) in [4.78, 5) is 35.1. The molecule has 370 valence electrons. The molecule has 0 bridgehead atoms. The minimum atomic E-state index is -4.38. The summed E-state index contributed by atoms with van der Waals surface area (Å²) >= 11 is 0. The van der Waals surface area contributed by atoms with Crippen LogP contribution in [0.3, 0.4) is 0 Å². The zero-order chi connectivity index (χ0) is 45.3. The fraction of sp³-hybridized carbons (Fsp3) is 0.962. The fourth-order valence-corrected chi connectivity index (χ4v) is 8.99. The molecule has 0 saturated heterocycles. The maximum Gasteiger partial charge on any atom is 0.472 e. The highest BCUT2D eigenvalue weighted by molar-refractivity contribution is 7.47. The van der Waals surface area contributed by atoms with Gasteiger partial charge in [0.2, 0.25) is 0 Å². The van der Waals surface area contributed by atoms with E-state index in [0.717, 1.165) is 32.1 Å². The Hall–Kier alpha value is -0.990. The van der Waals surface area contributed by atoms with E-state index in [1.807, 2.05) is 0 Å². The molecule has 0 aromatic carbocycles. The van der Waals surface area contributed by atoms with Crippen molar-refractivity contribution in [3.63, 3.8) is 0 Å². The molecular formula is C52H104NO8P. The van der Waals surface area contributed by atoms with E-state index in [1.165, 1.54) is 225 Å². The SMILES string of the molecule is CCCCCCCCCCCCCCCCCCCCCCCC(=O)O[C@H](COC(=O)CCCCCCCCCCCCCCCCCCCCCC)COP(=O)(O)OCCN. The van der Waals surface area contributed by atoms with Crippen molar-refractivity contribution in [1.29, 1.82) is 0 Å². The van der Waals surface area contributed by atoms with E-state index in [9.17, 15) is 19.0 Å². The van der Waals surface area contributed by atoms with Crippen LogP contribution in [0.5, 0.6) is 0 Å². The largest absolute Gasteiger partial charge is 0.472 e. The van der Waals surface area contributed by atoms with Gasteiger partial charge in [-0.05, 0) is 12.8 Å². The van der Waals surface area contributed by atoms with Gasteiger partial charge in [0, 0.05) is 19.4 Å². The van der Waals surface area contributed by atoms with Gasteiger partial charge >= 0.3 is 19.8 Å². The van der Waals surface area contributed by atoms with E-state index in [1.54, 1.807) is 0 Å². The van der Waals surface area contributed by atoms with Crippen LogP contribution in [0.25, 0.3) is 0 Å². The third kappa shape index (κ3) is 48.5. The van der Waals surface area contributed by atoms with Gasteiger partial charge in [0.1, 0.15) is 6.61 Å². The number of phosphoric ester groups is 1. The van der Waals surface area contributed by atoms with Gasteiger partial charge in [-0.25, -0.2) is 4.57 Å². The number of nitrogens with two attached hydrogens (primary N) is 1. The number of unbranched alkanes of at least 4 members (excludes halogenated alkanes) is 39. The summed E-state index contributed by atoms with van der Waals surface area (Å²) in [6.07, 6.45) is 52.9. The fourth-order valence-electron chi connectivity index (χ4n) is 8.23. The predicted octanol–water partition coefficient (Wildman–Crippen LogP) is 16.3. The van der Waals surface area contributed by atoms with Gasteiger partial charge in [-0.2, -0.15) is 0 Å². The minimum Gasteiger partial charge on any atom is -0.462 e. The van der Waals surface area contributed by atoms with Crippen molar-refractivity contribution < 1.29 is 37.6 Å². The first kappa shape index (κ1) is 61.0. The maximum absolute atomic E-state index is 12.7. The second-order valence-corrected chi connectivity index (χ2v) is 19.9. The van der Waals surface area contributed by atoms with Crippen molar-refractivity contribution in [1.82, 2.24) is 0 Å². The van der Waals surface area contributed by atoms with E-state index in [4.69, 9.17) is 24.3 Å². The van der Waals surface area contributed by atoms with Gasteiger partial charge in [-0.1, -0.05) is 264 Å². The Kier molecular flexibility index (Phi) is 48.7. The molecule has 62 heavy (non-hydrogen) atoms. The predicted molar refractivity (Wildman–Crippen MR) is 262 cm³/mol. The van der Waals surface area contributed by atoms with Crippen molar-refractivity contribution in [3.8, 4) is 0 Å². The quantitative estimate of drug-likeness (QED) is 0.0347. The molecule has 0 aliphatic carbocycles. The third-order valence-electron chi connectivity index (χ3n) is 12.2. The highest BCUT2D eigenvalue weighted by atomic mass is 31.2. The summed E-state index contributed by atoms with van der Waals surface area (Å²) in [6.45, 7) is 3.81. The number of carbonyl (C=O) groups is 2. The van der Waals surface area contributed by atoms with Crippen molar-refractivity contribution >= 4 is 19.8 Å². The molecule has 0 aromatic rings. The van der Waals surface area contributed by atoms with Crippen LogP contribution in [-0.4, -0.2) is 49.3 Å². The Morgan fingerprint density at radius 1 is 0.419 bits per heavy atom. The lowest BCUT2D eigenvalue weighted by Gasteiger charge is -2.19. The Bertz CT molecular complexity index is 984. The molecule has 0 aliphatic rings. The number of esters is 2. The van der Waals surface area contributed by atoms with E-state index in [-0.39, 0.29) is 38.6 Å². The molecule has 0 rings (SSSR count). The highest BCUT2D eigenvalue weighted by Crippen LogP contribution is 2.43. The van der Waals surface area contributed by atoms with Crippen LogP contribution in [0.2, 0.25) is 0 Å². The molecule has 2 atom stereocenters. The summed E-state index contributed by atoms with van der Waals surface area (Å²) in [6, 6.07) is 0. The third-order valence-corrected chi connectivity index (χ3v) is 13.2. The van der Waals surface area contributed by atoms with Crippen LogP contribution in [0.1, 0.15) is 290 Å². The summed E-state index contributed by atoms with van der Waals surface area (Å²) in [5.41, 5.74) is 5.37. The molecule has 0 radical (unpaired) electrons. The lowest BCUT2D eigenvalue weighted by atomic mass is 10.0. The van der Waals surface area contributed by atoms with Gasteiger partial charge < -0.3 is 20.1 Å². The first-order chi connectivity index (χ1) is 30.3. The first-order valence-corrected chi connectivity index (χ1v) is 28.5. The molecule has 0 aromatic heterocycles. The van der Waals surface area contributed by atoms with Crippen LogP contribution in [0, 0.1) is 0 Å². The molecule has 0 aliphatic heterocycles. The number of ether oxygens (including phenoxy) is 2. The normalized spacial score (nSPS) is 13.0. The number of rotatable bonds is 52. The van der Waals surface area contributed by atoms with Crippen molar-refractivity contribution in [2.75, 3.05) is 26.4 Å². The smallest absolute Gasteiger partial charge is 0.462 e. The molecule has 0 heterocycles. The van der Waals surface area contributed by atoms with Crippen molar-refractivity contribution in [3.05, 3.63) is 0 Å². The van der Waals surface area contributed by atoms with Gasteiger partial charge in [-0.15, -0.1) is 0 Å². The topological polar surface area (TPSA) is 134 Å². The average Bonchev–Trinajstić information content (AvgIpc) is 3.26. The molecule has 0 amide bonds. The highest BCUT2D eigenvalue weighted by Gasteiger charge is 2.26. The first-order valence-electron chi connectivity index (χ1n) is 27.0. The van der Waals surface area contributed by atoms with Crippen LogP contribution < -0.4 is 5.73 Å². The average molecular weight is 902 g/mol. The molecule has 0 saturated carbocycles. The standard InChI is InChI=1S/C52H104NO8P/c1-3-5-7-9-11-13-15-17-19-21-23-25-27-29-31-33-35-37-39-41-43-45-52(55)61-50(49-60-62(56,57)59-47-46-53)48-58-51(54)44-42-40-38-36-34-32-30-28-26-24-22-20-18-16-14-12-10-8-6-4-2/h50H,3-49,53H2,1-2H3,(H,56,57)/t50-/m1/s1. The lowest BCUT2D eigenvalue weighted by molar-refractivity contribution is -0.161. The molecular weight excluding hydrogens is 798 g/mol. The molecule has 10 heteroatoms. The maximum atomic E-state index is 12.7. The molecule has 0 spiro atoms. The summed E-state index contributed by atoms with van der Waals surface area (Å²) in [5.74, 6) is -0.804. The van der Waals surface area contributed by atoms with Crippen LogP contribution in [-0.2, 0) is 32.7 Å². The Morgan fingerprint density at radius 3 is 0.984 bits per heavy atom. The van der Waals surface area contributed by atoms with Gasteiger partial charge in [-0.3, -0.25) is 18.6 Å². The molecule has 9 nitrogen and oxygen atoms in total. The number of hydrogen-bond acceptors (Lipinski definition) is 8. The van der Waals surface area contributed by atoms with Gasteiger partial charge in [0.15, 0.2) is 6.10 Å². The van der Waals surface area contributed by atoms with Gasteiger partial charge in [0.25, 0.3) is 0 Å². The van der Waals surface area contributed by atoms with Crippen LogP contribution in [0.15, 0.2) is 0 Å². The molecule has 1 unspecified atom stereocenters. The minimum absolute atomic E-state index is 0.0585. The summed E-state index contributed by atoms with van der Waals surface area (Å²) in [5, 5.41) is 0.